The van der Waals surface area contributed by atoms with Crippen LogP contribution in [0.15, 0.2) is 64.2 Å². The summed E-state index contributed by atoms with van der Waals surface area (Å²) in [6, 6.07) is 16.4. The maximum absolute atomic E-state index is 13.0. The van der Waals surface area contributed by atoms with Crippen molar-refractivity contribution >= 4 is 17.7 Å². The third-order valence-electron chi connectivity index (χ3n) is 5.15. The quantitative estimate of drug-likeness (QED) is 0.561. The Kier molecular flexibility index (Phi) is 6.24. The lowest BCUT2D eigenvalue weighted by Gasteiger charge is -2.32. The lowest BCUT2D eigenvalue weighted by Crippen LogP contribution is -2.39. The van der Waals surface area contributed by atoms with Crippen LogP contribution in [0.2, 0.25) is 0 Å². The Morgan fingerprint density at radius 1 is 1.07 bits per heavy atom. The molecule has 0 N–H and O–H groups in total. The number of thioether (sulfide) groups is 1. The van der Waals surface area contributed by atoms with E-state index in [1.165, 1.54) is 29.5 Å². The highest BCUT2D eigenvalue weighted by molar-refractivity contribution is 7.99. The van der Waals surface area contributed by atoms with E-state index in [1.807, 2.05) is 11.0 Å². The largest absolute Gasteiger partial charge is 0.411 e. The van der Waals surface area contributed by atoms with E-state index in [-0.39, 0.29) is 17.5 Å². The average molecular weight is 412 g/mol. The van der Waals surface area contributed by atoms with Crippen LogP contribution in [-0.2, 0) is 11.2 Å². The molecule has 2 aromatic carbocycles. The highest BCUT2D eigenvalue weighted by atomic mass is 32.2. The van der Waals surface area contributed by atoms with Gasteiger partial charge in [-0.05, 0) is 55.0 Å². The summed E-state index contributed by atoms with van der Waals surface area (Å²) in [7, 11) is 0. The molecule has 0 atom stereocenters. The molecule has 5 nitrogen and oxygen atoms in total. The first-order chi connectivity index (χ1) is 14.2. The Morgan fingerprint density at radius 2 is 1.79 bits per heavy atom. The van der Waals surface area contributed by atoms with Gasteiger partial charge in [-0.3, -0.25) is 4.79 Å². The second-order valence-electron chi connectivity index (χ2n) is 7.18. The first-order valence-corrected chi connectivity index (χ1v) is 10.7. The second kappa shape index (κ2) is 9.22. The van der Waals surface area contributed by atoms with Gasteiger partial charge in [0.05, 0.1) is 5.75 Å². The number of carbonyl (C=O) groups is 1. The van der Waals surface area contributed by atoms with Crippen molar-refractivity contribution in [2.45, 2.75) is 24.5 Å². The number of hydrogen-bond acceptors (Lipinski definition) is 5. The Hall–Kier alpha value is -2.67. The van der Waals surface area contributed by atoms with Crippen molar-refractivity contribution in [2.24, 2.45) is 5.92 Å². The van der Waals surface area contributed by atoms with Gasteiger partial charge in [0.2, 0.25) is 11.8 Å². The molecule has 4 rings (SSSR count). The maximum Gasteiger partial charge on any atom is 0.277 e. The summed E-state index contributed by atoms with van der Waals surface area (Å²) in [6.45, 7) is 1.59. The summed E-state index contributed by atoms with van der Waals surface area (Å²) in [5.41, 5.74) is 2.01. The minimum atomic E-state index is -0.319. The number of likely N-dealkylation sites (tertiary alicyclic amines) is 1. The summed E-state index contributed by atoms with van der Waals surface area (Å²) < 4.78 is 18.6. The topological polar surface area (TPSA) is 59.2 Å². The van der Waals surface area contributed by atoms with E-state index >= 15 is 0 Å². The summed E-state index contributed by atoms with van der Waals surface area (Å²) >= 11 is 1.24. The van der Waals surface area contributed by atoms with E-state index in [9.17, 15) is 9.18 Å². The van der Waals surface area contributed by atoms with Gasteiger partial charge in [0, 0.05) is 18.7 Å². The molecule has 2 heterocycles. The highest BCUT2D eigenvalue weighted by Gasteiger charge is 2.23. The van der Waals surface area contributed by atoms with Gasteiger partial charge in [-0.15, -0.1) is 10.2 Å². The smallest absolute Gasteiger partial charge is 0.277 e. The Morgan fingerprint density at radius 3 is 2.52 bits per heavy atom. The third kappa shape index (κ3) is 5.23. The van der Waals surface area contributed by atoms with Gasteiger partial charge >= 0.3 is 0 Å². The molecule has 1 aliphatic rings. The maximum atomic E-state index is 13.0. The molecule has 150 valence electrons. The van der Waals surface area contributed by atoms with Crippen LogP contribution < -0.4 is 0 Å². The first kappa shape index (κ1) is 19.6. The number of aromatic nitrogens is 2. The van der Waals surface area contributed by atoms with Crippen molar-refractivity contribution in [1.82, 2.24) is 15.1 Å². The normalized spacial score (nSPS) is 14.9. The van der Waals surface area contributed by atoms with Crippen LogP contribution in [0.25, 0.3) is 11.5 Å². The SMILES string of the molecule is O=C(CSc1nnc(-c2ccc(F)cc2)o1)N1CCC(Cc2ccccc2)CC1. The van der Waals surface area contributed by atoms with E-state index in [0.717, 1.165) is 32.4 Å². The number of hydrogen-bond donors (Lipinski definition) is 0. The predicted molar refractivity (Wildman–Crippen MR) is 110 cm³/mol. The van der Waals surface area contributed by atoms with Gasteiger partial charge in [0.1, 0.15) is 5.82 Å². The number of benzene rings is 2. The molecular formula is C22H22FN3O2S. The van der Waals surface area contributed by atoms with E-state index < -0.39 is 0 Å². The van der Waals surface area contributed by atoms with Crippen molar-refractivity contribution in [1.29, 1.82) is 0 Å². The number of piperidine rings is 1. The molecular weight excluding hydrogens is 389 g/mol. The van der Waals surface area contributed by atoms with Crippen LogP contribution in [-0.4, -0.2) is 39.8 Å². The summed E-state index contributed by atoms with van der Waals surface area (Å²) in [4.78, 5) is 14.4. The molecule has 0 bridgehead atoms. The molecule has 1 aliphatic heterocycles. The van der Waals surface area contributed by atoms with E-state index in [4.69, 9.17) is 4.42 Å². The van der Waals surface area contributed by atoms with Crippen LogP contribution >= 0.6 is 11.8 Å². The number of nitrogens with zero attached hydrogens (tertiary/aromatic N) is 3. The Bertz CT molecular complexity index is 938. The van der Waals surface area contributed by atoms with Crippen molar-refractivity contribution < 1.29 is 13.6 Å². The lowest BCUT2D eigenvalue weighted by atomic mass is 9.90. The number of rotatable bonds is 6. The molecule has 29 heavy (non-hydrogen) atoms. The van der Waals surface area contributed by atoms with Gasteiger partial charge in [-0.2, -0.15) is 0 Å². The highest BCUT2D eigenvalue weighted by Crippen LogP contribution is 2.25. The van der Waals surface area contributed by atoms with Crippen molar-refractivity contribution in [2.75, 3.05) is 18.8 Å². The molecule has 0 saturated carbocycles. The molecule has 1 aromatic heterocycles. The second-order valence-corrected chi connectivity index (χ2v) is 8.11. The summed E-state index contributed by atoms with van der Waals surface area (Å²) in [6.07, 6.45) is 3.13. The fourth-order valence-corrected chi connectivity index (χ4v) is 4.19. The Balaban J connectivity index is 1.24. The molecule has 0 aliphatic carbocycles. The van der Waals surface area contributed by atoms with Crippen molar-refractivity contribution in [3.8, 4) is 11.5 Å². The van der Waals surface area contributed by atoms with Crippen molar-refractivity contribution in [3.05, 3.63) is 66.0 Å². The van der Waals surface area contributed by atoms with Gasteiger partial charge in [-0.25, -0.2) is 4.39 Å². The monoisotopic (exact) mass is 411 g/mol. The van der Waals surface area contributed by atoms with Gasteiger partial charge < -0.3 is 9.32 Å². The fraction of sp³-hybridized carbons (Fsp3) is 0.318. The van der Waals surface area contributed by atoms with E-state index in [0.29, 0.717) is 22.6 Å². The van der Waals surface area contributed by atoms with Gasteiger partial charge in [-0.1, -0.05) is 42.1 Å². The molecule has 0 spiro atoms. The predicted octanol–water partition coefficient (Wildman–Crippen LogP) is 4.45. The van der Waals surface area contributed by atoms with Gasteiger partial charge in [0.15, 0.2) is 0 Å². The van der Waals surface area contributed by atoms with Crippen LogP contribution in [0, 0.1) is 11.7 Å². The Labute approximate surface area is 173 Å². The molecule has 1 fully saturated rings. The van der Waals surface area contributed by atoms with Gasteiger partial charge in [0.25, 0.3) is 5.22 Å². The molecule has 1 saturated heterocycles. The fourth-order valence-electron chi connectivity index (χ4n) is 3.53. The molecule has 7 heteroatoms. The van der Waals surface area contributed by atoms with Crippen LogP contribution in [0.3, 0.4) is 0 Å². The van der Waals surface area contributed by atoms with Crippen molar-refractivity contribution in [3.63, 3.8) is 0 Å². The summed E-state index contributed by atoms with van der Waals surface area (Å²) in [5.74, 6) is 0.995. The zero-order valence-electron chi connectivity index (χ0n) is 16.0. The molecule has 1 amide bonds. The molecule has 0 radical (unpaired) electrons. The van der Waals surface area contributed by atoms with E-state index in [1.54, 1.807) is 12.1 Å². The molecule has 3 aromatic rings. The standard InChI is InChI=1S/C22H22FN3O2S/c23-19-8-6-18(7-9-19)21-24-25-22(28-21)29-15-20(27)26-12-10-17(11-13-26)14-16-4-2-1-3-5-16/h1-9,17H,10-15H2. The minimum Gasteiger partial charge on any atom is -0.411 e. The number of amides is 1. The van der Waals surface area contributed by atoms with Crippen LogP contribution in [0.4, 0.5) is 4.39 Å². The zero-order valence-corrected chi connectivity index (χ0v) is 16.8. The zero-order chi connectivity index (χ0) is 20.1. The number of halogens is 1. The average Bonchev–Trinajstić information content (AvgIpc) is 3.23. The number of carbonyl (C=O) groups excluding carboxylic acids is 1. The third-order valence-corrected chi connectivity index (χ3v) is 5.95. The molecule has 0 unspecified atom stereocenters. The minimum absolute atomic E-state index is 0.0923. The first-order valence-electron chi connectivity index (χ1n) is 9.71. The lowest BCUT2D eigenvalue weighted by molar-refractivity contribution is -0.129. The van der Waals surface area contributed by atoms with Crippen LogP contribution in [0.5, 0.6) is 0 Å². The van der Waals surface area contributed by atoms with E-state index in [2.05, 4.69) is 34.5 Å². The van der Waals surface area contributed by atoms with Crippen LogP contribution in [0.1, 0.15) is 18.4 Å². The summed E-state index contributed by atoms with van der Waals surface area (Å²) in [5, 5.41) is 8.29.